The zero-order valence-electron chi connectivity index (χ0n) is 10.8. The van der Waals surface area contributed by atoms with Gasteiger partial charge < -0.3 is 10.4 Å². The molecule has 0 radical (unpaired) electrons. The van der Waals surface area contributed by atoms with Crippen LogP contribution >= 0.6 is 0 Å². The maximum absolute atomic E-state index is 11.2. The third-order valence-electron chi connectivity index (χ3n) is 2.71. The van der Waals surface area contributed by atoms with Crippen molar-refractivity contribution in [2.45, 2.75) is 45.6 Å². The molecule has 0 aromatic rings. The minimum Gasteiger partial charge on any atom is -0.480 e. The summed E-state index contributed by atoms with van der Waals surface area (Å²) >= 11 is 0. The molecule has 0 saturated carbocycles. The second-order valence-electron chi connectivity index (χ2n) is 4.80. The van der Waals surface area contributed by atoms with Gasteiger partial charge in [0.15, 0.2) is 0 Å². The van der Waals surface area contributed by atoms with Crippen LogP contribution in [-0.2, 0) is 4.79 Å². The van der Waals surface area contributed by atoms with Gasteiger partial charge in [-0.25, -0.2) is 0 Å². The molecule has 17 heavy (non-hydrogen) atoms. The van der Waals surface area contributed by atoms with Gasteiger partial charge in [0.1, 0.15) is 5.54 Å². The van der Waals surface area contributed by atoms with Crippen LogP contribution in [0.3, 0.4) is 0 Å². The van der Waals surface area contributed by atoms with Crippen LogP contribution in [0.2, 0.25) is 0 Å². The van der Waals surface area contributed by atoms with Crippen LogP contribution in [0.4, 0.5) is 0 Å². The molecule has 1 atom stereocenters. The molecular formula is C11H22N4O2. The molecule has 0 saturated heterocycles. The molecule has 0 amide bonds. The van der Waals surface area contributed by atoms with E-state index in [1.165, 1.54) is 0 Å². The number of hydrogen-bond acceptors (Lipinski definition) is 3. The van der Waals surface area contributed by atoms with E-state index in [-0.39, 0.29) is 0 Å². The van der Waals surface area contributed by atoms with E-state index in [1.807, 2.05) is 0 Å². The van der Waals surface area contributed by atoms with Gasteiger partial charge in [0.05, 0.1) is 0 Å². The summed E-state index contributed by atoms with van der Waals surface area (Å²) in [5.41, 5.74) is 7.21. The zero-order chi connectivity index (χ0) is 13.3. The largest absolute Gasteiger partial charge is 0.480 e. The summed E-state index contributed by atoms with van der Waals surface area (Å²) in [6, 6.07) is 0. The molecule has 0 fully saturated rings. The molecule has 0 spiro atoms. The van der Waals surface area contributed by atoms with Gasteiger partial charge in [-0.05, 0) is 44.2 Å². The average molecular weight is 242 g/mol. The quantitative estimate of drug-likeness (QED) is 0.281. The first-order valence-corrected chi connectivity index (χ1v) is 5.91. The number of aliphatic carboxylic acids is 1. The lowest BCUT2D eigenvalue weighted by Crippen LogP contribution is -2.50. The smallest absolute Gasteiger partial charge is 0.323 e. The van der Waals surface area contributed by atoms with Gasteiger partial charge in [-0.2, -0.15) is 0 Å². The van der Waals surface area contributed by atoms with Gasteiger partial charge in [0, 0.05) is 11.5 Å². The summed E-state index contributed by atoms with van der Waals surface area (Å²) in [7, 11) is 0. The Balaban J connectivity index is 4.12. The molecule has 6 heteroatoms. The van der Waals surface area contributed by atoms with E-state index in [2.05, 4.69) is 29.2 Å². The first-order valence-electron chi connectivity index (χ1n) is 5.91. The average Bonchev–Trinajstić information content (AvgIpc) is 2.26. The number of azide groups is 1. The fourth-order valence-corrected chi connectivity index (χ4v) is 1.41. The molecule has 0 bridgehead atoms. The van der Waals surface area contributed by atoms with Crippen molar-refractivity contribution in [3.05, 3.63) is 10.4 Å². The number of carboxylic acid groups (broad SMARTS) is 1. The van der Waals surface area contributed by atoms with Crippen molar-refractivity contribution in [2.24, 2.45) is 11.0 Å². The number of nitrogens with one attached hydrogen (secondary N) is 1. The molecule has 0 aromatic heterocycles. The number of carboxylic acids is 1. The van der Waals surface area contributed by atoms with E-state index in [4.69, 9.17) is 5.53 Å². The molecule has 0 aliphatic heterocycles. The van der Waals surface area contributed by atoms with Gasteiger partial charge in [0.2, 0.25) is 0 Å². The number of carbonyl (C=O) groups is 1. The molecule has 98 valence electrons. The fraction of sp³-hybridized carbons (Fsp3) is 0.909. The summed E-state index contributed by atoms with van der Waals surface area (Å²) in [4.78, 5) is 13.9. The van der Waals surface area contributed by atoms with Crippen molar-refractivity contribution >= 4 is 5.97 Å². The lowest BCUT2D eigenvalue weighted by atomic mass is 9.92. The Morgan fingerprint density at radius 3 is 2.71 bits per heavy atom. The normalized spacial score (nSPS) is 14.1. The predicted molar refractivity (Wildman–Crippen MR) is 66.7 cm³/mol. The van der Waals surface area contributed by atoms with Crippen LogP contribution in [0, 0.1) is 5.92 Å². The Labute approximate surface area is 102 Å². The Hall–Kier alpha value is -1.26. The lowest BCUT2D eigenvalue weighted by molar-refractivity contribution is -0.144. The van der Waals surface area contributed by atoms with Crippen LogP contribution in [-0.4, -0.2) is 29.7 Å². The van der Waals surface area contributed by atoms with Crippen molar-refractivity contribution in [1.29, 1.82) is 0 Å². The van der Waals surface area contributed by atoms with Gasteiger partial charge >= 0.3 is 5.97 Å². The number of nitrogens with zero attached hydrogens (tertiary/aromatic N) is 3. The molecule has 0 aromatic carbocycles. The second-order valence-corrected chi connectivity index (χ2v) is 4.80. The summed E-state index contributed by atoms with van der Waals surface area (Å²) < 4.78 is 0. The molecule has 6 nitrogen and oxygen atoms in total. The highest BCUT2D eigenvalue weighted by atomic mass is 16.4. The monoisotopic (exact) mass is 242 g/mol. The molecule has 0 aliphatic carbocycles. The van der Waals surface area contributed by atoms with E-state index in [0.717, 1.165) is 6.42 Å². The van der Waals surface area contributed by atoms with E-state index < -0.39 is 11.5 Å². The second kappa shape index (κ2) is 7.92. The SMILES string of the molecule is CC(C)CCC(C)(NCCCN=[N+]=[N-])C(=O)O. The highest BCUT2D eigenvalue weighted by Gasteiger charge is 2.31. The Morgan fingerprint density at radius 2 is 2.24 bits per heavy atom. The van der Waals surface area contributed by atoms with Crippen molar-refractivity contribution in [3.63, 3.8) is 0 Å². The maximum atomic E-state index is 11.2. The van der Waals surface area contributed by atoms with E-state index in [1.54, 1.807) is 6.92 Å². The molecular weight excluding hydrogens is 220 g/mol. The predicted octanol–water partition coefficient (Wildman–Crippen LogP) is 2.56. The zero-order valence-corrected chi connectivity index (χ0v) is 10.8. The number of rotatable bonds is 9. The van der Waals surface area contributed by atoms with Crippen LogP contribution in [0.15, 0.2) is 5.11 Å². The minimum atomic E-state index is -0.888. The summed E-state index contributed by atoms with van der Waals surface area (Å²) in [6.45, 7) is 6.78. The van der Waals surface area contributed by atoms with Crippen molar-refractivity contribution in [3.8, 4) is 0 Å². The highest BCUT2D eigenvalue weighted by molar-refractivity contribution is 5.78. The van der Waals surface area contributed by atoms with Crippen LogP contribution in [0.1, 0.15) is 40.0 Å². The third kappa shape index (κ3) is 6.81. The summed E-state index contributed by atoms with van der Waals surface area (Å²) in [5.74, 6) is -0.347. The van der Waals surface area contributed by atoms with Crippen molar-refractivity contribution in [2.75, 3.05) is 13.1 Å². The van der Waals surface area contributed by atoms with Gasteiger partial charge in [-0.15, -0.1) is 0 Å². The molecule has 2 N–H and O–H groups in total. The molecule has 0 aliphatic rings. The number of hydrogen-bond donors (Lipinski definition) is 2. The Kier molecular flexibility index (Phi) is 7.34. The van der Waals surface area contributed by atoms with Crippen molar-refractivity contribution < 1.29 is 9.90 Å². The van der Waals surface area contributed by atoms with Crippen LogP contribution in [0.5, 0.6) is 0 Å². The molecule has 1 unspecified atom stereocenters. The third-order valence-corrected chi connectivity index (χ3v) is 2.71. The lowest BCUT2D eigenvalue weighted by Gasteiger charge is -2.27. The summed E-state index contributed by atoms with van der Waals surface area (Å²) in [5, 5.41) is 15.6. The summed E-state index contributed by atoms with van der Waals surface area (Å²) in [6.07, 6.45) is 2.11. The molecule has 0 heterocycles. The topological polar surface area (TPSA) is 98.1 Å². The fourth-order valence-electron chi connectivity index (χ4n) is 1.41. The standard InChI is InChI=1S/C11H22N4O2/c1-9(2)5-6-11(3,10(16)17)13-7-4-8-14-15-12/h9,13H,4-8H2,1-3H3,(H,16,17). The van der Waals surface area contributed by atoms with Crippen molar-refractivity contribution in [1.82, 2.24) is 5.32 Å². The van der Waals surface area contributed by atoms with Crippen LogP contribution in [0.25, 0.3) is 10.4 Å². The van der Waals surface area contributed by atoms with E-state index in [0.29, 0.717) is 31.8 Å². The first kappa shape index (κ1) is 15.7. The van der Waals surface area contributed by atoms with Gasteiger partial charge in [-0.3, -0.25) is 4.79 Å². The minimum absolute atomic E-state index is 0.392. The van der Waals surface area contributed by atoms with Crippen LogP contribution < -0.4 is 5.32 Å². The van der Waals surface area contributed by atoms with Gasteiger partial charge in [-0.1, -0.05) is 19.0 Å². The van der Waals surface area contributed by atoms with E-state index >= 15 is 0 Å². The highest BCUT2D eigenvalue weighted by Crippen LogP contribution is 2.16. The first-order chi connectivity index (χ1) is 7.92. The van der Waals surface area contributed by atoms with Gasteiger partial charge in [0.25, 0.3) is 0 Å². The maximum Gasteiger partial charge on any atom is 0.323 e. The molecule has 0 rings (SSSR count). The Bertz CT molecular complexity index is 287. The van der Waals surface area contributed by atoms with E-state index in [9.17, 15) is 9.90 Å². The Morgan fingerprint density at radius 1 is 1.59 bits per heavy atom.